The second kappa shape index (κ2) is 10.6. The highest BCUT2D eigenvalue weighted by molar-refractivity contribution is 14.0. The van der Waals surface area contributed by atoms with Crippen LogP contribution in [0.15, 0.2) is 23.7 Å². The zero-order valence-electron chi connectivity index (χ0n) is 15.3. The molecule has 0 atom stereocenters. The van der Waals surface area contributed by atoms with Gasteiger partial charge in [0.2, 0.25) is 0 Å². The van der Waals surface area contributed by atoms with E-state index in [1.54, 1.807) is 0 Å². The van der Waals surface area contributed by atoms with Crippen LogP contribution in [-0.4, -0.2) is 57.1 Å². The molecule has 1 aromatic rings. The number of hydrogen-bond acceptors (Lipinski definition) is 3. The SMILES string of the molecule is CCNC(=NCCCn1ccnc1)N1CCSC2(CCCCC2)C1.I. The van der Waals surface area contributed by atoms with Crippen molar-refractivity contribution < 1.29 is 0 Å². The van der Waals surface area contributed by atoms with Crippen LogP contribution in [0.25, 0.3) is 0 Å². The molecular weight excluding hydrogens is 445 g/mol. The Kier molecular flexibility index (Phi) is 8.89. The molecule has 0 unspecified atom stereocenters. The summed E-state index contributed by atoms with van der Waals surface area (Å²) >= 11 is 2.22. The Balaban J connectivity index is 0.00000225. The fourth-order valence-electron chi connectivity index (χ4n) is 3.81. The van der Waals surface area contributed by atoms with E-state index < -0.39 is 0 Å². The van der Waals surface area contributed by atoms with E-state index in [1.165, 1.54) is 44.4 Å². The van der Waals surface area contributed by atoms with Crippen LogP contribution in [0.5, 0.6) is 0 Å². The highest BCUT2D eigenvalue weighted by atomic mass is 127. The molecule has 2 fully saturated rings. The molecule has 1 aliphatic carbocycles. The van der Waals surface area contributed by atoms with Crippen LogP contribution in [0.1, 0.15) is 45.4 Å². The Morgan fingerprint density at radius 3 is 2.88 bits per heavy atom. The van der Waals surface area contributed by atoms with Crippen LogP contribution in [0.2, 0.25) is 0 Å². The fourth-order valence-corrected chi connectivity index (χ4v) is 5.38. The average molecular weight is 477 g/mol. The maximum absolute atomic E-state index is 4.90. The molecule has 5 nitrogen and oxygen atoms in total. The molecule has 3 rings (SSSR count). The number of guanidine groups is 1. The van der Waals surface area contributed by atoms with Crippen molar-refractivity contribution >= 4 is 41.7 Å². The highest BCUT2D eigenvalue weighted by Gasteiger charge is 2.38. The number of aromatic nitrogens is 2. The van der Waals surface area contributed by atoms with Crippen LogP contribution in [0.3, 0.4) is 0 Å². The third-order valence-electron chi connectivity index (χ3n) is 5.04. The molecule has 2 heterocycles. The first-order chi connectivity index (χ1) is 11.8. The van der Waals surface area contributed by atoms with E-state index in [-0.39, 0.29) is 24.0 Å². The van der Waals surface area contributed by atoms with Crippen LogP contribution in [-0.2, 0) is 6.54 Å². The molecule has 1 aliphatic heterocycles. The van der Waals surface area contributed by atoms with Gasteiger partial charge in [0.15, 0.2) is 5.96 Å². The van der Waals surface area contributed by atoms with Gasteiger partial charge in [-0.05, 0) is 26.2 Å². The molecule has 1 N–H and O–H groups in total. The summed E-state index contributed by atoms with van der Waals surface area (Å²) in [6.07, 6.45) is 13.8. The number of thioether (sulfide) groups is 1. The number of rotatable bonds is 5. The van der Waals surface area contributed by atoms with Crippen LogP contribution in [0.4, 0.5) is 0 Å². The topological polar surface area (TPSA) is 45.5 Å². The van der Waals surface area contributed by atoms with E-state index >= 15 is 0 Å². The van der Waals surface area contributed by atoms with Crippen LogP contribution >= 0.6 is 35.7 Å². The molecule has 1 saturated carbocycles. The van der Waals surface area contributed by atoms with Crippen molar-refractivity contribution in [1.82, 2.24) is 19.8 Å². The summed E-state index contributed by atoms with van der Waals surface area (Å²) in [7, 11) is 0. The standard InChI is InChI=1S/C18H31N5S.HI/c1-2-20-17(21-9-6-11-22-12-10-19-16-22)23-13-14-24-18(15-23)7-4-3-5-8-18;/h10,12,16H,2-9,11,13-15H2,1H3,(H,20,21);1H. The van der Waals surface area contributed by atoms with Gasteiger partial charge in [-0.3, -0.25) is 4.99 Å². The lowest BCUT2D eigenvalue weighted by atomic mass is 9.87. The second-order valence-electron chi connectivity index (χ2n) is 6.90. The maximum atomic E-state index is 4.90. The lowest BCUT2D eigenvalue weighted by Crippen LogP contribution is -2.53. The van der Waals surface area contributed by atoms with Crippen molar-refractivity contribution in [1.29, 1.82) is 0 Å². The number of nitrogens with zero attached hydrogens (tertiary/aromatic N) is 4. The van der Waals surface area contributed by atoms with Gasteiger partial charge in [-0.2, -0.15) is 11.8 Å². The first kappa shape index (κ1) is 20.9. The van der Waals surface area contributed by atoms with E-state index in [2.05, 4.69) is 38.5 Å². The minimum Gasteiger partial charge on any atom is -0.357 e. The van der Waals surface area contributed by atoms with Crippen molar-refractivity contribution in [2.45, 2.75) is 56.7 Å². The first-order valence-corrected chi connectivity index (χ1v) is 10.4. The Morgan fingerprint density at radius 1 is 1.32 bits per heavy atom. The van der Waals surface area contributed by atoms with Crippen LogP contribution in [0, 0.1) is 0 Å². The molecule has 7 heteroatoms. The maximum Gasteiger partial charge on any atom is 0.193 e. The molecule has 0 radical (unpaired) electrons. The molecule has 1 aromatic heterocycles. The quantitative estimate of drug-likeness (QED) is 0.305. The fraction of sp³-hybridized carbons (Fsp3) is 0.778. The van der Waals surface area contributed by atoms with E-state index in [1.807, 2.05) is 18.7 Å². The largest absolute Gasteiger partial charge is 0.357 e. The second-order valence-corrected chi connectivity index (χ2v) is 8.47. The predicted octanol–water partition coefficient (Wildman–Crippen LogP) is 3.61. The smallest absolute Gasteiger partial charge is 0.193 e. The van der Waals surface area contributed by atoms with Crippen molar-refractivity contribution in [3.8, 4) is 0 Å². The van der Waals surface area contributed by atoms with Gasteiger partial charge in [0.05, 0.1) is 6.33 Å². The van der Waals surface area contributed by atoms with E-state index in [9.17, 15) is 0 Å². The summed E-state index contributed by atoms with van der Waals surface area (Å²) in [6.45, 7) is 7.26. The third-order valence-corrected chi connectivity index (χ3v) is 6.58. The van der Waals surface area contributed by atoms with Crippen molar-refractivity contribution in [3.63, 3.8) is 0 Å². The van der Waals surface area contributed by atoms with Gasteiger partial charge >= 0.3 is 0 Å². The third kappa shape index (κ3) is 6.05. The van der Waals surface area contributed by atoms with Crippen molar-refractivity contribution in [3.05, 3.63) is 18.7 Å². The Bertz CT molecular complexity index is 508. The molecule has 0 aromatic carbocycles. The monoisotopic (exact) mass is 477 g/mol. The van der Waals surface area contributed by atoms with Gasteiger partial charge in [0, 0.05) is 55.6 Å². The van der Waals surface area contributed by atoms with Crippen molar-refractivity contribution in [2.24, 2.45) is 4.99 Å². The van der Waals surface area contributed by atoms with Gasteiger partial charge in [0.25, 0.3) is 0 Å². The molecule has 142 valence electrons. The van der Waals surface area contributed by atoms with Gasteiger partial charge in [-0.1, -0.05) is 19.3 Å². The lowest BCUT2D eigenvalue weighted by Gasteiger charge is -2.45. The number of aryl methyl sites for hydroxylation is 1. The zero-order chi connectivity index (χ0) is 16.7. The Morgan fingerprint density at radius 2 is 2.16 bits per heavy atom. The van der Waals surface area contributed by atoms with Gasteiger partial charge < -0.3 is 14.8 Å². The normalized spacial score (nSPS) is 20.4. The predicted molar refractivity (Wildman–Crippen MR) is 118 cm³/mol. The molecule has 25 heavy (non-hydrogen) atoms. The van der Waals surface area contributed by atoms with Gasteiger partial charge in [0.1, 0.15) is 0 Å². The minimum atomic E-state index is 0. The first-order valence-electron chi connectivity index (χ1n) is 9.44. The number of hydrogen-bond donors (Lipinski definition) is 1. The van der Waals surface area contributed by atoms with Gasteiger partial charge in [-0.25, -0.2) is 4.98 Å². The van der Waals surface area contributed by atoms with Crippen LogP contribution < -0.4 is 5.32 Å². The minimum absolute atomic E-state index is 0. The van der Waals surface area contributed by atoms with E-state index in [0.717, 1.165) is 38.6 Å². The Hall–Kier alpha value is -0.440. The number of imidazole rings is 1. The van der Waals surface area contributed by atoms with E-state index in [4.69, 9.17) is 4.99 Å². The summed E-state index contributed by atoms with van der Waals surface area (Å²) in [5.41, 5.74) is 0. The summed E-state index contributed by atoms with van der Waals surface area (Å²) in [6, 6.07) is 0. The zero-order valence-corrected chi connectivity index (χ0v) is 18.5. The average Bonchev–Trinajstić information content (AvgIpc) is 3.12. The molecule has 1 spiro atoms. The summed E-state index contributed by atoms with van der Waals surface area (Å²) in [4.78, 5) is 11.5. The summed E-state index contributed by atoms with van der Waals surface area (Å²) in [5, 5.41) is 3.52. The summed E-state index contributed by atoms with van der Waals surface area (Å²) in [5.74, 6) is 2.35. The van der Waals surface area contributed by atoms with E-state index in [0.29, 0.717) is 4.75 Å². The molecule has 0 bridgehead atoms. The molecular formula is C18H32IN5S. The molecule has 1 saturated heterocycles. The number of nitrogens with one attached hydrogen (secondary N) is 1. The Labute approximate surface area is 173 Å². The lowest BCUT2D eigenvalue weighted by molar-refractivity contribution is 0.293. The number of aliphatic imine (C=N–C) groups is 1. The van der Waals surface area contributed by atoms with Gasteiger partial charge in [-0.15, -0.1) is 24.0 Å². The molecule has 0 amide bonds. The number of halogens is 1. The van der Waals surface area contributed by atoms with Crippen molar-refractivity contribution in [2.75, 3.05) is 31.9 Å². The highest BCUT2D eigenvalue weighted by Crippen LogP contribution is 2.42. The molecule has 2 aliphatic rings. The summed E-state index contributed by atoms with van der Waals surface area (Å²) < 4.78 is 2.61.